The highest BCUT2D eigenvalue weighted by atomic mass is 32.1. The van der Waals surface area contributed by atoms with Crippen LogP contribution < -0.4 is 5.56 Å². The van der Waals surface area contributed by atoms with Crippen LogP contribution in [0.2, 0.25) is 0 Å². The Kier molecular flexibility index (Phi) is 4.20. The van der Waals surface area contributed by atoms with Crippen molar-refractivity contribution in [2.45, 2.75) is 64.5 Å². The minimum Gasteiger partial charge on any atom is -0.294 e. The third-order valence-electron chi connectivity index (χ3n) is 5.37. The molecular weight excluding hydrogens is 308 g/mol. The lowest BCUT2D eigenvalue weighted by Crippen LogP contribution is -2.46. The summed E-state index contributed by atoms with van der Waals surface area (Å²) in [7, 11) is 0. The first-order valence-corrected chi connectivity index (χ1v) is 9.69. The van der Waals surface area contributed by atoms with Gasteiger partial charge in [0.05, 0.1) is 5.69 Å². The van der Waals surface area contributed by atoms with Gasteiger partial charge >= 0.3 is 0 Å². The van der Waals surface area contributed by atoms with Gasteiger partial charge < -0.3 is 0 Å². The molecule has 6 heteroatoms. The molecule has 2 fully saturated rings. The fourth-order valence-electron chi connectivity index (χ4n) is 4.25. The molecule has 0 bridgehead atoms. The molecule has 2 aromatic rings. The lowest BCUT2D eigenvalue weighted by molar-refractivity contribution is 0.0537. The van der Waals surface area contributed by atoms with Gasteiger partial charge in [-0.15, -0.1) is 0 Å². The number of hydrogen-bond acceptors (Lipinski definition) is 5. The Morgan fingerprint density at radius 2 is 2.09 bits per heavy atom. The summed E-state index contributed by atoms with van der Waals surface area (Å²) in [6.45, 7) is 4.01. The van der Waals surface area contributed by atoms with Crippen molar-refractivity contribution in [1.29, 1.82) is 0 Å². The van der Waals surface area contributed by atoms with E-state index in [1.165, 1.54) is 54.4 Å². The molecule has 0 amide bonds. The number of hydrogen-bond donors (Lipinski definition) is 0. The van der Waals surface area contributed by atoms with Gasteiger partial charge in [0.25, 0.3) is 5.56 Å². The Hall–Kier alpha value is -1.27. The molecule has 0 N–H and O–H groups in total. The average Bonchev–Trinajstić information content (AvgIpc) is 2.99. The summed E-state index contributed by atoms with van der Waals surface area (Å²) in [5.41, 5.74) is 0.866. The normalized spacial score (nSPS) is 25.6. The van der Waals surface area contributed by atoms with Gasteiger partial charge in [0, 0.05) is 18.7 Å². The van der Waals surface area contributed by atoms with Crippen LogP contribution in [0, 0.1) is 5.92 Å². The van der Waals surface area contributed by atoms with E-state index in [4.69, 9.17) is 4.98 Å². The molecule has 124 valence electrons. The zero-order valence-corrected chi connectivity index (χ0v) is 14.5. The van der Waals surface area contributed by atoms with Crippen molar-refractivity contribution in [2.75, 3.05) is 6.54 Å². The monoisotopic (exact) mass is 332 g/mol. The lowest BCUT2D eigenvalue weighted by atomic mass is 9.78. The Morgan fingerprint density at radius 3 is 2.96 bits per heavy atom. The van der Waals surface area contributed by atoms with Crippen molar-refractivity contribution in [1.82, 2.24) is 19.5 Å². The van der Waals surface area contributed by atoms with Gasteiger partial charge in [0.1, 0.15) is 5.01 Å². The summed E-state index contributed by atoms with van der Waals surface area (Å²) in [5, 5.41) is 5.30. The summed E-state index contributed by atoms with van der Waals surface area (Å²) in [6.07, 6.45) is 8.94. The van der Waals surface area contributed by atoms with E-state index < -0.39 is 0 Å². The highest BCUT2D eigenvalue weighted by molar-refractivity contribution is 7.16. The number of fused-ring (bicyclic) bond motifs is 2. The van der Waals surface area contributed by atoms with Crippen molar-refractivity contribution in [3.8, 4) is 0 Å². The van der Waals surface area contributed by atoms with E-state index in [0.717, 1.165) is 41.1 Å². The molecule has 2 aliphatic rings. The fraction of sp³-hybridized carbons (Fsp3) is 0.706. The van der Waals surface area contributed by atoms with E-state index in [9.17, 15) is 4.79 Å². The van der Waals surface area contributed by atoms with E-state index in [-0.39, 0.29) is 5.56 Å². The fourth-order valence-corrected chi connectivity index (χ4v) is 5.11. The number of rotatable bonds is 3. The first kappa shape index (κ1) is 15.3. The predicted octanol–water partition coefficient (Wildman–Crippen LogP) is 2.87. The number of aromatic nitrogens is 3. The van der Waals surface area contributed by atoms with E-state index in [2.05, 4.69) is 16.9 Å². The maximum absolute atomic E-state index is 12.3. The predicted molar refractivity (Wildman–Crippen MR) is 91.9 cm³/mol. The van der Waals surface area contributed by atoms with Crippen LogP contribution >= 0.6 is 11.3 Å². The molecule has 2 atom stereocenters. The summed E-state index contributed by atoms with van der Waals surface area (Å²) in [5.74, 6) is 0.859. The maximum Gasteiger partial charge on any atom is 0.275 e. The molecule has 23 heavy (non-hydrogen) atoms. The summed E-state index contributed by atoms with van der Waals surface area (Å²) >= 11 is 1.53. The van der Waals surface area contributed by atoms with Crippen LogP contribution in [0.25, 0.3) is 4.96 Å². The molecule has 4 rings (SSSR count). The molecule has 0 aromatic carbocycles. The molecule has 3 heterocycles. The van der Waals surface area contributed by atoms with Crippen molar-refractivity contribution >= 4 is 16.3 Å². The van der Waals surface area contributed by atoms with Crippen molar-refractivity contribution in [3.63, 3.8) is 0 Å². The van der Waals surface area contributed by atoms with Crippen LogP contribution in [0.15, 0.2) is 10.9 Å². The quantitative estimate of drug-likeness (QED) is 0.867. The third-order valence-corrected chi connectivity index (χ3v) is 6.42. The van der Waals surface area contributed by atoms with Gasteiger partial charge in [0.2, 0.25) is 4.96 Å². The van der Waals surface area contributed by atoms with E-state index >= 15 is 0 Å². The summed E-state index contributed by atoms with van der Waals surface area (Å²) < 4.78 is 1.45. The first-order valence-electron chi connectivity index (χ1n) is 8.87. The average molecular weight is 332 g/mol. The van der Waals surface area contributed by atoms with E-state index in [0.29, 0.717) is 6.04 Å². The number of nitrogens with zero attached hydrogens (tertiary/aromatic N) is 4. The number of piperidine rings is 1. The highest BCUT2D eigenvalue weighted by Crippen LogP contribution is 2.35. The van der Waals surface area contributed by atoms with Crippen LogP contribution in [0.4, 0.5) is 0 Å². The second kappa shape index (κ2) is 6.32. The Morgan fingerprint density at radius 1 is 1.26 bits per heavy atom. The molecule has 2 aromatic heterocycles. The molecule has 5 nitrogen and oxygen atoms in total. The van der Waals surface area contributed by atoms with Crippen LogP contribution in [-0.2, 0) is 13.0 Å². The van der Waals surface area contributed by atoms with Crippen LogP contribution in [-0.4, -0.2) is 32.1 Å². The largest absolute Gasteiger partial charge is 0.294 e. The topological polar surface area (TPSA) is 50.5 Å². The van der Waals surface area contributed by atoms with Crippen molar-refractivity contribution in [2.24, 2.45) is 5.92 Å². The minimum atomic E-state index is -0.0434. The van der Waals surface area contributed by atoms with Gasteiger partial charge in [-0.25, -0.2) is 4.98 Å². The van der Waals surface area contributed by atoms with Crippen molar-refractivity contribution < 1.29 is 0 Å². The number of aryl methyl sites for hydroxylation is 1. The van der Waals surface area contributed by atoms with Gasteiger partial charge in [-0.05, 0) is 44.6 Å². The molecule has 0 radical (unpaired) electrons. The van der Waals surface area contributed by atoms with Crippen molar-refractivity contribution in [3.05, 3.63) is 27.1 Å². The standard InChI is InChI=1S/C17H24N4OS/c1-2-15-19-21-16(22)10-13(18-17(21)23-15)11-20-9-5-7-12-6-3-4-8-14(12)20/h10,12,14H,2-9,11H2,1H3/t12-,14-/m0/s1. The zero-order chi connectivity index (χ0) is 15.8. The second-order valence-electron chi connectivity index (χ2n) is 6.85. The van der Waals surface area contributed by atoms with Gasteiger partial charge in [0.15, 0.2) is 0 Å². The Labute approximate surface area is 140 Å². The molecule has 1 aliphatic heterocycles. The summed E-state index contributed by atoms with van der Waals surface area (Å²) in [6, 6.07) is 2.38. The SMILES string of the molecule is CCc1nn2c(=O)cc(CN3CCC[C@@H]4CCCC[C@@H]43)nc2s1. The highest BCUT2D eigenvalue weighted by Gasteiger charge is 2.33. The minimum absolute atomic E-state index is 0.0434. The van der Waals surface area contributed by atoms with Gasteiger partial charge in [-0.2, -0.15) is 9.61 Å². The van der Waals surface area contributed by atoms with Crippen LogP contribution in [0.3, 0.4) is 0 Å². The van der Waals surface area contributed by atoms with Crippen LogP contribution in [0.1, 0.15) is 56.2 Å². The van der Waals surface area contributed by atoms with E-state index in [1.807, 2.05) is 0 Å². The van der Waals surface area contributed by atoms with Crippen LogP contribution in [0.5, 0.6) is 0 Å². The molecule has 0 unspecified atom stereocenters. The summed E-state index contributed by atoms with van der Waals surface area (Å²) in [4.78, 5) is 20.3. The Bertz CT molecular complexity index is 751. The molecule has 1 saturated heterocycles. The molecular formula is C17H24N4OS. The lowest BCUT2D eigenvalue weighted by Gasteiger charge is -2.44. The zero-order valence-electron chi connectivity index (χ0n) is 13.7. The smallest absolute Gasteiger partial charge is 0.275 e. The van der Waals surface area contributed by atoms with Gasteiger partial charge in [-0.1, -0.05) is 31.1 Å². The maximum atomic E-state index is 12.3. The molecule has 1 saturated carbocycles. The third kappa shape index (κ3) is 2.94. The Balaban J connectivity index is 1.60. The molecule has 1 aliphatic carbocycles. The molecule has 0 spiro atoms. The second-order valence-corrected chi connectivity index (χ2v) is 7.89. The number of likely N-dealkylation sites (tertiary alicyclic amines) is 1. The van der Waals surface area contributed by atoms with E-state index in [1.54, 1.807) is 6.07 Å². The first-order chi connectivity index (χ1) is 11.2. The van der Waals surface area contributed by atoms with Gasteiger partial charge in [-0.3, -0.25) is 9.69 Å².